The number of hydrogen-bond acceptors (Lipinski definition) is 4. The fourth-order valence-electron chi connectivity index (χ4n) is 2.64. The fourth-order valence-corrected chi connectivity index (χ4v) is 2.64. The molecular weight excluding hydrogens is 284 g/mol. The third-order valence-electron chi connectivity index (χ3n) is 3.87. The van der Waals surface area contributed by atoms with Crippen molar-refractivity contribution >= 4 is 11.7 Å². The second-order valence-electron chi connectivity index (χ2n) is 5.28. The van der Waals surface area contributed by atoms with Crippen LogP contribution in [0.1, 0.15) is 27.2 Å². The van der Waals surface area contributed by atoms with Crippen LogP contribution in [0, 0.1) is 10.1 Å². The lowest BCUT2D eigenvalue weighted by Crippen LogP contribution is -2.25. The number of nitrogens with zero attached hydrogens (tertiary/aromatic N) is 2. The Kier molecular flexibility index (Phi) is 3.64. The lowest BCUT2D eigenvalue weighted by Gasteiger charge is -2.06. The molecule has 1 aromatic heterocycles. The molecule has 2 N–H and O–H groups in total. The standard InChI is InChI=1S/C15H16N4O3/c1-18-13(4-5-14(18)19(21)22)15(20)17-7-10-2-3-11-8-16-9-12(11)6-10/h2-6,16H,7-9H2,1H3,(H,17,20). The van der Waals surface area contributed by atoms with E-state index in [4.69, 9.17) is 0 Å². The highest BCUT2D eigenvalue weighted by molar-refractivity contribution is 5.93. The van der Waals surface area contributed by atoms with Gasteiger partial charge in [0.25, 0.3) is 5.91 Å². The molecule has 1 amide bonds. The van der Waals surface area contributed by atoms with Crippen molar-refractivity contribution in [3.05, 3.63) is 62.8 Å². The smallest absolute Gasteiger partial charge is 0.323 e. The van der Waals surface area contributed by atoms with Crippen LogP contribution in [-0.2, 0) is 26.7 Å². The van der Waals surface area contributed by atoms with Gasteiger partial charge in [-0.2, -0.15) is 0 Å². The summed E-state index contributed by atoms with van der Waals surface area (Å²) in [5, 5.41) is 16.9. The third kappa shape index (κ3) is 2.58. The van der Waals surface area contributed by atoms with E-state index < -0.39 is 4.92 Å². The van der Waals surface area contributed by atoms with Gasteiger partial charge in [0.1, 0.15) is 0 Å². The van der Waals surface area contributed by atoms with Gasteiger partial charge in [0, 0.05) is 25.7 Å². The second kappa shape index (κ2) is 5.61. The summed E-state index contributed by atoms with van der Waals surface area (Å²) in [5.41, 5.74) is 3.82. The van der Waals surface area contributed by atoms with Crippen LogP contribution in [0.15, 0.2) is 30.3 Å². The van der Waals surface area contributed by atoms with E-state index in [2.05, 4.69) is 22.8 Å². The van der Waals surface area contributed by atoms with Crippen molar-refractivity contribution < 1.29 is 9.72 Å². The molecule has 22 heavy (non-hydrogen) atoms. The first-order chi connectivity index (χ1) is 10.6. The van der Waals surface area contributed by atoms with Crippen molar-refractivity contribution in [3.8, 4) is 0 Å². The number of hydrogen-bond donors (Lipinski definition) is 2. The van der Waals surface area contributed by atoms with Crippen molar-refractivity contribution in [3.63, 3.8) is 0 Å². The zero-order chi connectivity index (χ0) is 15.7. The summed E-state index contributed by atoms with van der Waals surface area (Å²) in [7, 11) is 1.51. The zero-order valence-electron chi connectivity index (χ0n) is 12.1. The molecule has 0 radical (unpaired) electrons. The molecule has 0 saturated heterocycles. The molecule has 7 heteroatoms. The number of carbonyl (C=O) groups excluding carboxylic acids is 1. The highest BCUT2D eigenvalue weighted by Crippen LogP contribution is 2.18. The van der Waals surface area contributed by atoms with E-state index in [0.29, 0.717) is 6.54 Å². The fraction of sp³-hybridized carbons (Fsp3) is 0.267. The highest BCUT2D eigenvalue weighted by Gasteiger charge is 2.20. The Morgan fingerprint density at radius 3 is 2.82 bits per heavy atom. The van der Waals surface area contributed by atoms with Crippen LogP contribution in [0.25, 0.3) is 0 Å². The Morgan fingerprint density at radius 2 is 2.09 bits per heavy atom. The second-order valence-corrected chi connectivity index (χ2v) is 5.28. The molecule has 0 saturated carbocycles. The van der Waals surface area contributed by atoms with Crippen molar-refractivity contribution in [2.45, 2.75) is 19.6 Å². The van der Waals surface area contributed by atoms with E-state index in [1.807, 2.05) is 6.07 Å². The number of benzene rings is 1. The zero-order valence-corrected chi connectivity index (χ0v) is 12.1. The van der Waals surface area contributed by atoms with E-state index in [9.17, 15) is 14.9 Å². The van der Waals surface area contributed by atoms with Gasteiger partial charge < -0.3 is 20.7 Å². The summed E-state index contributed by atoms with van der Waals surface area (Å²) in [6.07, 6.45) is 0. The molecule has 0 aliphatic carbocycles. The van der Waals surface area contributed by atoms with Gasteiger partial charge in [-0.15, -0.1) is 0 Å². The van der Waals surface area contributed by atoms with Crippen molar-refractivity contribution in [1.29, 1.82) is 0 Å². The Labute approximate surface area is 127 Å². The third-order valence-corrected chi connectivity index (χ3v) is 3.87. The molecule has 114 valence electrons. The Morgan fingerprint density at radius 1 is 1.32 bits per heavy atom. The maximum absolute atomic E-state index is 12.1. The van der Waals surface area contributed by atoms with E-state index in [0.717, 1.165) is 18.7 Å². The van der Waals surface area contributed by atoms with Gasteiger partial charge in [-0.25, -0.2) is 4.57 Å². The topological polar surface area (TPSA) is 89.2 Å². The molecule has 0 atom stereocenters. The summed E-state index contributed by atoms with van der Waals surface area (Å²) < 4.78 is 1.28. The molecule has 0 spiro atoms. The Hall–Kier alpha value is -2.67. The van der Waals surface area contributed by atoms with Crippen molar-refractivity contribution in [2.24, 2.45) is 7.05 Å². The lowest BCUT2D eigenvalue weighted by atomic mass is 10.1. The number of carbonyl (C=O) groups is 1. The average Bonchev–Trinajstić information content (AvgIpc) is 3.10. The first-order valence-electron chi connectivity index (χ1n) is 6.96. The van der Waals surface area contributed by atoms with E-state index in [1.165, 1.54) is 34.9 Å². The van der Waals surface area contributed by atoms with Crippen LogP contribution in [0.5, 0.6) is 0 Å². The predicted octanol–water partition coefficient (Wildman–Crippen LogP) is 1.47. The maximum Gasteiger partial charge on any atom is 0.323 e. The molecule has 0 unspecified atom stereocenters. The minimum Gasteiger partial charge on any atom is -0.358 e. The van der Waals surface area contributed by atoms with Gasteiger partial charge in [0.05, 0.1) is 7.05 Å². The predicted molar refractivity (Wildman–Crippen MR) is 80.2 cm³/mol. The SMILES string of the molecule is Cn1c(C(=O)NCc2ccc3c(c2)CNC3)ccc1[N+](=O)[O-]. The van der Waals surface area contributed by atoms with Crippen LogP contribution in [0.2, 0.25) is 0 Å². The summed E-state index contributed by atoms with van der Waals surface area (Å²) in [5.74, 6) is -0.428. The molecule has 1 aliphatic heterocycles. The lowest BCUT2D eigenvalue weighted by molar-refractivity contribution is -0.391. The first kappa shape index (κ1) is 14.3. The number of aromatic nitrogens is 1. The van der Waals surface area contributed by atoms with Crippen LogP contribution in [0.3, 0.4) is 0 Å². The summed E-state index contributed by atoms with van der Waals surface area (Å²) >= 11 is 0. The van der Waals surface area contributed by atoms with Gasteiger partial charge in [0.15, 0.2) is 5.69 Å². The first-order valence-corrected chi connectivity index (χ1v) is 6.96. The molecule has 1 aliphatic rings. The Bertz CT molecular complexity index is 751. The van der Waals surface area contributed by atoms with Gasteiger partial charge in [0.2, 0.25) is 0 Å². The van der Waals surface area contributed by atoms with Crippen LogP contribution in [-0.4, -0.2) is 15.4 Å². The molecule has 0 bridgehead atoms. The molecule has 2 aromatic rings. The molecule has 1 aromatic carbocycles. The number of amides is 1. The van der Waals surface area contributed by atoms with Crippen LogP contribution in [0.4, 0.5) is 5.82 Å². The number of nitro groups is 1. The van der Waals surface area contributed by atoms with Crippen LogP contribution >= 0.6 is 0 Å². The van der Waals surface area contributed by atoms with Gasteiger partial charge in [-0.1, -0.05) is 18.2 Å². The van der Waals surface area contributed by atoms with E-state index in [-0.39, 0.29) is 17.4 Å². The van der Waals surface area contributed by atoms with Gasteiger partial charge >= 0.3 is 5.82 Å². The normalized spacial score (nSPS) is 13.0. The molecular formula is C15H16N4O3. The summed E-state index contributed by atoms with van der Waals surface area (Å²) in [6, 6.07) is 8.91. The van der Waals surface area contributed by atoms with Crippen molar-refractivity contribution in [1.82, 2.24) is 15.2 Å². The highest BCUT2D eigenvalue weighted by atomic mass is 16.6. The minimum absolute atomic E-state index is 0.103. The number of fused-ring (bicyclic) bond motifs is 1. The quantitative estimate of drug-likeness (QED) is 0.661. The summed E-state index contributed by atoms with van der Waals surface area (Å²) in [6.45, 7) is 2.13. The average molecular weight is 300 g/mol. The van der Waals surface area contributed by atoms with Gasteiger partial charge in [-0.3, -0.25) is 4.79 Å². The monoisotopic (exact) mass is 300 g/mol. The minimum atomic E-state index is -0.510. The molecule has 7 nitrogen and oxygen atoms in total. The largest absolute Gasteiger partial charge is 0.358 e. The van der Waals surface area contributed by atoms with Gasteiger partial charge in [-0.05, 0) is 27.7 Å². The summed E-state index contributed by atoms with van der Waals surface area (Å²) in [4.78, 5) is 22.4. The number of nitrogens with one attached hydrogen (secondary N) is 2. The van der Waals surface area contributed by atoms with Crippen molar-refractivity contribution in [2.75, 3.05) is 0 Å². The van der Waals surface area contributed by atoms with Crippen LogP contribution < -0.4 is 10.6 Å². The molecule has 2 heterocycles. The van der Waals surface area contributed by atoms with E-state index in [1.54, 1.807) is 0 Å². The van der Waals surface area contributed by atoms with E-state index >= 15 is 0 Å². The molecule has 3 rings (SSSR count). The number of rotatable bonds is 4. The maximum atomic E-state index is 12.1. The Balaban J connectivity index is 1.69. The molecule has 0 fully saturated rings.